The van der Waals surface area contributed by atoms with Crippen molar-refractivity contribution in [2.75, 3.05) is 13.6 Å². The second-order valence-corrected chi connectivity index (χ2v) is 3.47. The minimum Gasteiger partial charge on any atom is -0.359 e. The molecule has 0 N–H and O–H groups in total. The number of hydrogen-bond donors (Lipinski definition) is 0. The molecule has 2 heteroatoms. The molecule has 0 bridgehead atoms. The van der Waals surface area contributed by atoms with Crippen LogP contribution < -0.4 is 0 Å². The average Bonchev–Trinajstić information content (AvgIpc) is 2.37. The first kappa shape index (κ1) is 9.43. The zero-order chi connectivity index (χ0) is 8.97. The molecule has 0 aromatic heterocycles. The summed E-state index contributed by atoms with van der Waals surface area (Å²) in [6.07, 6.45) is 8.77. The molecule has 0 aliphatic carbocycles. The lowest BCUT2D eigenvalue weighted by Crippen LogP contribution is -2.36. The molecule has 0 amide bonds. The van der Waals surface area contributed by atoms with E-state index < -0.39 is 0 Å². The summed E-state index contributed by atoms with van der Waals surface area (Å²) < 4.78 is 0. The largest absolute Gasteiger partial charge is 0.359 e. The first-order valence-corrected chi connectivity index (χ1v) is 4.95. The van der Waals surface area contributed by atoms with Gasteiger partial charge >= 0.3 is 0 Å². The van der Waals surface area contributed by atoms with Crippen LogP contribution in [0.4, 0.5) is 0 Å². The Morgan fingerprint density at radius 3 is 2.50 bits per heavy atom. The highest BCUT2D eigenvalue weighted by Gasteiger charge is 2.20. The molecule has 2 nitrogen and oxygen atoms in total. The predicted molar refractivity (Wildman–Crippen MR) is 52.6 cm³/mol. The molecule has 1 aliphatic rings. The molecule has 0 aromatic carbocycles. The Bertz CT molecular complexity index is 154. The lowest BCUT2D eigenvalue weighted by atomic mass is 10.2. The maximum Gasteiger partial charge on any atom is 0.100 e. The summed E-state index contributed by atoms with van der Waals surface area (Å²) >= 11 is 0. The zero-order valence-corrected chi connectivity index (χ0v) is 8.45. The predicted octanol–water partition coefficient (Wildman–Crippen LogP) is 2.24. The summed E-state index contributed by atoms with van der Waals surface area (Å²) in [5.41, 5.74) is 0. The molecule has 0 saturated heterocycles. The van der Waals surface area contributed by atoms with E-state index >= 15 is 0 Å². The van der Waals surface area contributed by atoms with Crippen LogP contribution in [0.3, 0.4) is 0 Å². The van der Waals surface area contributed by atoms with Crippen molar-refractivity contribution >= 4 is 0 Å². The Morgan fingerprint density at radius 2 is 1.92 bits per heavy atom. The normalized spacial score (nSPS) is 22.4. The van der Waals surface area contributed by atoms with E-state index in [1.54, 1.807) is 0 Å². The SMILES string of the molecule is CCCC1N(C)C=CN1CCC. The van der Waals surface area contributed by atoms with Crippen LogP contribution in [0.5, 0.6) is 0 Å². The Hall–Kier alpha value is -0.660. The molecule has 0 fully saturated rings. The topological polar surface area (TPSA) is 6.48 Å². The Morgan fingerprint density at radius 1 is 1.17 bits per heavy atom. The van der Waals surface area contributed by atoms with E-state index in [9.17, 15) is 0 Å². The molecule has 70 valence electrons. The molecule has 0 radical (unpaired) electrons. The second kappa shape index (κ2) is 4.39. The summed E-state index contributed by atoms with van der Waals surface area (Å²) in [6.45, 7) is 5.66. The number of nitrogens with zero attached hydrogens (tertiary/aromatic N) is 2. The second-order valence-electron chi connectivity index (χ2n) is 3.47. The fourth-order valence-corrected chi connectivity index (χ4v) is 1.73. The third-order valence-electron chi connectivity index (χ3n) is 2.37. The van der Waals surface area contributed by atoms with E-state index in [0.717, 1.165) is 0 Å². The molecular weight excluding hydrogens is 148 g/mol. The third kappa shape index (κ3) is 1.93. The van der Waals surface area contributed by atoms with Gasteiger partial charge in [-0.2, -0.15) is 0 Å². The lowest BCUT2D eigenvalue weighted by molar-refractivity contribution is 0.164. The highest BCUT2D eigenvalue weighted by molar-refractivity contribution is 4.94. The van der Waals surface area contributed by atoms with Crippen molar-refractivity contribution < 1.29 is 0 Å². The van der Waals surface area contributed by atoms with Crippen molar-refractivity contribution in [3.8, 4) is 0 Å². The molecule has 1 unspecified atom stereocenters. The Kier molecular flexibility index (Phi) is 3.45. The molecule has 12 heavy (non-hydrogen) atoms. The standard InChI is InChI=1S/C10H20N2/c1-4-6-10-11(3)8-9-12(10)7-5-2/h8-10H,4-7H2,1-3H3. The molecular formula is C10H20N2. The van der Waals surface area contributed by atoms with Gasteiger partial charge in [0.2, 0.25) is 0 Å². The van der Waals surface area contributed by atoms with Gasteiger partial charge in [0.05, 0.1) is 0 Å². The minimum absolute atomic E-state index is 0.620. The van der Waals surface area contributed by atoms with Gasteiger partial charge in [-0.25, -0.2) is 0 Å². The number of hydrogen-bond acceptors (Lipinski definition) is 2. The van der Waals surface area contributed by atoms with Crippen molar-refractivity contribution in [3.63, 3.8) is 0 Å². The van der Waals surface area contributed by atoms with Crippen molar-refractivity contribution in [2.24, 2.45) is 0 Å². The highest BCUT2D eigenvalue weighted by Crippen LogP contribution is 2.18. The van der Waals surface area contributed by atoms with Gasteiger partial charge in [-0.1, -0.05) is 20.3 Å². The molecule has 1 atom stereocenters. The van der Waals surface area contributed by atoms with E-state index in [1.165, 1.54) is 25.8 Å². The summed E-state index contributed by atoms with van der Waals surface area (Å²) in [5.74, 6) is 0. The highest BCUT2D eigenvalue weighted by atomic mass is 15.4. The lowest BCUT2D eigenvalue weighted by Gasteiger charge is -2.29. The summed E-state index contributed by atoms with van der Waals surface area (Å²) in [5, 5.41) is 0. The Balaban J connectivity index is 2.44. The van der Waals surface area contributed by atoms with Crippen LogP contribution in [0.15, 0.2) is 12.4 Å². The zero-order valence-electron chi connectivity index (χ0n) is 8.45. The van der Waals surface area contributed by atoms with Gasteiger partial charge in [0, 0.05) is 26.0 Å². The van der Waals surface area contributed by atoms with Crippen LogP contribution in [0.2, 0.25) is 0 Å². The van der Waals surface area contributed by atoms with Crippen LogP contribution in [-0.4, -0.2) is 29.6 Å². The van der Waals surface area contributed by atoms with Gasteiger partial charge in [-0.05, 0) is 12.8 Å². The Labute approximate surface area is 75.8 Å². The van der Waals surface area contributed by atoms with Crippen LogP contribution in [0.25, 0.3) is 0 Å². The van der Waals surface area contributed by atoms with Crippen molar-refractivity contribution in [2.45, 2.75) is 39.3 Å². The first-order chi connectivity index (χ1) is 5.79. The molecule has 0 saturated carbocycles. The van der Waals surface area contributed by atoms with Crippen molar-refractivity contribution in [3.05, 3.63) is 12.4 Å². The minimum atomic E-state index is 0.620. The van der Waals surface area contributed by atoms with Gasteiger partial charge in [0.25, 0.3) is 0 Å². The maximum atomic E-state index is 2.43. The maximum absolute atomic E-state index is 2.43. The quantitative estimate of drug-likeness (QED) is 0.635. The van der Waals surface area contributed by atoms with Gasteiger partial charge in [0.1, 0.15) is 6.17 Å². The van der Waals surface area contributed by atoms with E-state index in [4.69, 9.17) is 0 Å². The summed E-state index contributed by atoms with van der Waals surface area (Å²) in [6, 6.07) is 0. The molecule has 1 aliphatic heterocycles. The van der Waals surface area contributed by atoms with Crippen LogP contribution in [0, 0.1) is 0 Å². The molecule has 1 rings (SSSR count). The van der Waals surface area contributed by atoms with Gasteiger partial charge < -0.3 is 9.80 Å². The van der Waals surface area contributed by atoms with Gasteiger partial charge in [-0.15, -0.1) is 0 Å². The van der Waals surface area contributed by atoms with E-state index in [0.29, 0.717) is 6.17 Å². The van der Waals surface area contributed by atoms with E-state index in [2.05, 4.69) is 43.1 Å². The van der Waals surface area contributed by atoms with Gasteiger partial charge in [-0.3, -0.25) is 0 Å². The van der Waals surface area contributed by atoms with Gasteiger partial charge in [0.15, 0.2) is 0 Å². The summed E-state index contributed by atoms with van der Waals surface area (Å²) in [4.78, 5) is 4.74. The fraction of sp³-hybridized carbons (Fsp3) is 0.800. The van der Waals surface area contributed by atoms with E-state index in [-0.39, 0.29) is 0 Å². The average molecular weight is 168 g/mol. The van der Waals surface area contributed by atoms with Crippen molar-refractivity contribution in [1.82, 2.24) is 9.80 Å². The van der Waals surface area contributed by atoms with Crippen LogP contribution >= 0.6 is 0 Å². The monoisotopic (exact) mass is 168 g/mol. The molecule has 1 heterocycles. The van der Waals surface area contributed by atoms with Crippen molar-refractivity contribution in [1.29, 1.82) is 0 Å². The third-order valence-corrected chi connectivity index (χ3v) is 2.37. The fourth-order valence-electron chi connectivity index (χ4n) is 1.73. The summed E-state index contributed by atoms with van der Waals surface area (Å²) in [7, 11) is 2.16. The van der Waals surface area contributed by atoms with Crippen LogP contribution in [-0.2, 0) is 0 Å². The van der Waals surface area contributed by atoms with Crippen LogP contribution in [0.1, 0.15) is 33.1 Å². The number of rotatable bonds is 4. The van der Waals surface area contributed by atoms with E-state index in [1.807, 2.05) is 0 Å². The molecule has 0 aromatic rings. The molecule has 0 spiro atoms. The smallest absolute Gasteiger partial charge is 0.100 e. The first-order valence-electron chi connectivity index (χ1n) is 4.95.